The molecule has 1 N–H and O–H groups in total. The zero-order valence-corrected chi connectivity index (χ0v) is 13.9. The number of fused-ring (bicyclic) bond motifs is 1. The highest BCUT2D eigenvalue weighted by molar-refractivity contribution is 5.85. The number of rotatable bonds is 3. The fourth-order valence-corrected chi connectivity index (χ4v) is 3.35. The highest BCUT2D eigenvalue weighted by Crippen LogP contribution is 2.39. The van der Waals surface area contributed by atoms with Gasteiger partial charge in [0.15, 0.2) is 0 Å². The van der Waals surface area contributed by atoms with Crippen molar-refractivity contribution >= 4 is 12.4 Å². The Balaban J connectivity index is 0.00000169. The highest BCUT2D eigenvalue weighted by atomic mass is 35.5. The SMILES string of the molecule is Cl.O[C@H]1CCc2c(-c3ccc(O[C@@H]4CCOC4)nc3)ccc(F)c21. The van der Waals surface area contributed by atoms with Crippen LogP contribution in [-0.2, 0) is 11.2 Å². The number of ether oxygens (including phenoxy) is 2. The maximum absolute atomic E-state index is 13.9. The molecule has 1 aromatic heterocycles. The molecule has 0 radical (unpaired) electrons. The van der Waals surface area contributed by atoms with Gasteiger partial charge in [-0.25, -0.2) is 9.37 Å². The van der Waals surface area contributed by atoms with E-state index in [0.29, 0.717) is 30.9 Å². The number of nitrogens with zero attached hydrogens (tertiary/aromatic N) is 1. The van der Waals surface area contributed by atoms with Crippen molar-refractivity contribution in [1.29, 1.82) is 0 Å². The maximum atomic E-state index is 13.9. The summed E-state index contributed by atoms with van der Waals surface area (Å²) in [5.74, 6) is 0.242. The van der Waals surface area contributed by atoms with Crippen molar-refractivity contribution in [1.82, 2.24) is 4.98 Å². The van der Waals surface area contributed by atoms with E-state index in [-0.39, 0.29) is 24.3 Å². The molecule has 1 fully saturated rings. The second-order valence-electron chi connectivity index (χ2n) is 6.03. The van der Waals surface area contributed by atoms with Crippen LogP contribution in [-0.4, -0.2) is 29.4 Å². The molecule has 1 aromatic carbocycles. The van der Waals surface area contributed by atoms with E-state index in [0.717, 1.165) is 29.7 Å². The normalized spacial score (nSPS) is 22.1. The van der Waals surface area contributed by atoms with Gasteiger partial charge >= 0.3 is 0 Å². The average Bonchev–Trinajstić information content (AvgIpc) is 3.19. The second kappa shape index (κ2) is 7.05. The first kappa shape index (κ1) is 17.1. The standard InChI is InChI=1S/C18H18FNO3.ClH/c19-15-4-2-13(14-3-5-16(21)18(14)15)11-1-6-17(20-9-11)23-12-7-8-22-10-12;/h1-2,4,6,9,12,16,21H,3,5,7-8,10H2;1H/t12-,16+;/m1./s1. The number of hydrogen-bond acceptors (Lipinski definition) is 4. The van der Waals surface area contributed by atoms with Gasteiger partial charge in [0.05, 0.1) is 19.3 Å². The Kier molecular flexibility index (Phi) is 5.04. The molecule has 2 heterocycles. The summed E-state index contributed by atoms with van der Waals surface area (Å²) in [4.78, 5) is 4.35. The van der Waals surface area contributed by atoms with E-state index in [2.05, 4.69) is 4.98 Å². The number of aromatic nitrogens is 1. The number of hydrogen-bond donors (Lipinski definition) is 1. The zero-order chi connectivity index (χ0) is 15.8. The van der Waals surface area contributed by atoms with Crippen LogP contribution in [0.4, 0.5) is 4.39 Å². The first-order valence-electron chi connectivity index (χ1n) is 7.92. The summed E-state index contributed by atoms with van der Waals surface area (Å²) in [6.45, 7) is 1.33. The third-order valence-electron chi connectivity index (χ3n) is 4.53. The molecule has 0 spiro atoms. The molecule has 1 saturated heterocycles. The topological polar surface area (TPSA) is 51.6 Å². The molecule has 4 rings (SSSR count). The van der Waals surface area contributed by atoms with Crippen molar-refractivity contribution < 1.29 is 19.0 Å². The summed E-state index contributed by atoms with van der Waals surface area (Å²) in [6.07, 6.45) is 3.23. The molecule has 2 aliphatic rings. The second-order valence-corrected chi connectivity index (χ2v) is 6.03. The summed E-state index contributed by atoms with van der Waals surface area (Å²) in [5.41, 5.74) is 3.16. The van der Waals surface area contributed by atoms with Gasteiger partial charge in [0, 0.05) is 29.8 Å². The summed E-state index contributed by atoms with van der Waals surface area (Å²) in [6, 6.07) is 6.93. The molecular formula is C18H19ClFNO3. The number of pyridine rings is 1. The van der Waals surface area contributed by atoms with Crippen molar-refractivity contribution in [3.63, 3.8) is 0 Å². The molecule has 24 heavy (non-hydrogen) atoms. The van der Waals surface area contributed by atoms with Gasteiger partial charge in [0.1, 0.15) is 11.9 Å². The zero-order valence-electron chi connectivity index (χ0n) is 13.1. The van der Waals surface area contributed by atoms with E-state index >= 15 is 0 Å². The summed E-state index contributed by atoms with van der Waals surface area (Å²) >= 11 is 0. The molecule has 0 amide bonds. The van der Waals surface area contributed by atoms with Crippen LogP contribution in [0.25, 0.3) is 11.1 Å². The Morgan fingerprint density at radius 1 is 1.21 bits per heavy atom. The van der Waals surface area contributed by atoms with Crippen LogP contribution in [0.15, 0.2) is 30.5 Å². The summed E-state index contributed by atoms with van der Waals surface area (Å²) in [5, 5.41) is 9.95. The van der Waals surface area contributed by atoms with Gasteiger partial charge in [0.2, 0.25) is 5.88 Å². The largest absolute Gasteiger partial charge is 0.472 e. The van der Waals surface area contributed by atoms with Crippen molar-refractivity contribution in [3.8, 4) is 17.0 Å². The van der Waals surface area contributed by atoms with E-state index in [9.17, 15) is 9.50 Å². The first-order valence-corrected chi connectivity index (χ1v) is 7.92. The Labute approximate surface area is 146 Å². The van der Waals surface area contributed by atoms with Crippen LogP contribution in [0.3, 0.4) is 0 Å². The Bertz CT molecular complexity index is 717. The highest BCUT2D eigenvalue weighted by Gasteiger charge is 2.27. The van der Waals surface area contributed by atoms with Crippen LogP contribution in [0.5, 0.6) is 5.88 Å². The monoisotopic (exact) mass is 351 g/mol. The molecule has 2 atom stereocenters. The van der Waals surface area contributed by atoms with Crippen molar-refractivity contribution in [2.75, 3.05) is 13.2 Å². The Morgan fingerprint density at radius 2 is 2.08 bits per heavy atom. The first-order chi connectivity index (χ1) is 11.2. The van der Waals surface area contributed by atoms with Crippen LogP contribution >= 0.6 is 12.4 Å². The number of benzene rings is 1. The van der Waals surface area contributed by atoms with E-state index in [1.807, 2.05) is 12.1 Å². The van der Waals surface area contributed by atoms with E-state index < -0.39 is 6.10 Å². The smallest absolute Gasteiger partial charge is 0.213 e. The third-order valence-corrected chi connectivity index (χ3v) is 4.53. The summed E-state index contributed by atoms with van der Waals surface area (Å²) in [7, 11) is 0. The molecule has 0 saturated carbocycles. The summed E-state index contributed by atoms with van der Waals surface area (Å²) < 4.78 is 25.0. The Hall–Kier alpha value is -1.69. The number of aliphatic hydroxyl groups excluding tert-OH is 1. The van der Waals surface area contributed by atoms with Gasteiger partial charge in [-0.1, -0.05) is 6.07 Å². The minimum atomic E-state index is -0.706. The lowest BCUT2D eigenvalue weighted by Crippen LogP contribution is -2.16. The maximum Gasteiger partial charge on any atom is 0.213 e. The molecule has 128 valence electrons. The lowest BCUT2D eigenvalue weighted by atomic mass is 9.97. The molecule has 2 aromatic rings. The van der Waals surface area contributed by atoms with Crippen molar-refractivity contribution in [3.05, 3.63) is 47.4 Å². The van der Waals surface area contributed by atoms with Gasteiger partial charge in [-0.2, -0.15) is 0 Å². The number of aliphatic hydroxyl groups is 1. The van der Waals surface area contributed by atoms with Crippen LogP contribution < -0.4 is 4.74 Å². The lowest BCUT2D eigenvalue weighted by molar-refractivity contribution is 0.138. The average molecular weight is 352 g/mol. The minimum absolute atomic E-state index is 0. The van der Waals surface area contributed by atoms with Crippen molar-refractivity contribution in [2.45, 2.75) is 31.5 Å². The van der Waals surface area contributed by atoms with Crippen LogP contribution in [0, 0.1) is 5.82 Å². The van der Waals surface area contributed by atoms with Gasteiger partial charge < -0.3 is 14.6 Å². The van der Waals surface area contributed by atoms with Crippen LogP contribution in [0.1, 0.15) is 30.1 Å². The van der Waals surface area contributed by atoms with Crippen LogP contribution in [0.2, 0.25) is 0 Å². The fraction of sp³-hybridized carbons (Fsp3) is 0.389. The fourth-order valence-electron chi connectivity index (χ4n) is 3.35. The predicted octanol–water partition coefficient (Wildman–Crippen LogP) is 3.46. The van der Waals surface area contributed by atoms with Gasteiger partial charge in [-0.15, -0.1) is 12.4 Å². The molecule has 4 nitrogen and oxygen atoms in total. The van der Waals surface area contributed by atoms with E-state index in [1.54, 1.807) is 12.3 Å². The lowest BCUT2D eigenvalue weighted by Gasteiger charge is -2.13. The quantitative estimate of drug-likeness (QED) is 0.920. The number of halogens is 2. The van der Waals surface area contributed by atoms with E-state index in [1.165, 1.54) is 6.07 Å². The molecule has 0 bridgehead atoms. The van der Waals surface area contributed by atoms with Gasteiger partial charge in [0.25, 0.3) is 0 Å². The molecular weight excluding hydrogens is 333 g/mol. The third kappa shape index (κ3) is 3.11. The minimum Gasteiger partial charge on any atom is -0.472 e. The molecule has 6 heteroatoms. The predicted molar refractivity (Wildman–Crippen MR) is 90.0 cm³/mol. The molecule has 1 aliphatic carbocycles. The molecule has 0 unspecified atom stereocenters. The molecule has 1 aliphatic heterocycles. The van der Waals surface area contributed by atoms with Gasteiger partial charge in [-0.05, 0) is 36.1 Å². The van der Waals surface area contributed by atoms with E-state index in [4.69, 9.17) is 9.47 Å². The van der Waals surface area contributed by atoms with Crippen molar-refractivity contribution in [2.24, 2.45) is 0 Å². The Morgan fingerprint density at radius 3 is 2.79 bits per heavy atom. The van der Waals surface area contributed by atoms with Gasteiger partial charge in [-0.3, -0.25) is 0 Å².